The number of hydrogen-bond donors (Lipinski definition) is 0. The first-order chi connectivity index (χ1) is 6.45. The van der Waals surface area contributed by atoms with Gasteiger partial charge in [-0.25, -0.2) is 0 Å². The monoisotopic (exact) mass is 184 g/mol. The van der Waals surface area contributed by atoms with Crippen LogP contribution in [0.2, 0.25) is 0 Å². The summed E-state index contributed by atoms with van der Waals surface area (Å²) >= 11 is 0. The van der Waals surface area contributed by atoms with Crippen molar-refractivity contribution in [2.45, 2.75) is 63.6 Å². The molecular formula is C11H20O2. The second-order valence-electron chi connectivity index (χ2n) is 4.26. The van der Waals surface area contributed by atoms with Gasteiger partial charge in [-0.05, 0) is 25.7 Å². The van der Waals surface area contributed by atoms with E-state index in [0.717, 1.165) is 0 Å². The standard InChI is InChI=1S/C11H20O2/c1-2-6-10(5-1)12-9-13-11-7-3-4-8-11/h10-11H,1-9H2. The van der Waals surface area contributed by atoms with E-state index in [9.17, 15) is 0 Å². The fourth-order valence-electron chi connectivity index (χ4n) is 2.34. The van der Waals surface area contributed by atoms with Crippen molar-refractivity contribution in [1.29, 1.82) is 0 Å². The fourth-order valence-corrected chi connectivity index (χ4v) is 2.34. The Hall–Kier alpha value is -0.0800. The van der Waals surface area contributed by atoms with Gasteiger partial charge in [-0.15, -0.1) is 0 Å². The molecule has 0 heterocycles. The van der Waals surface area contributed by atoms with Crippen LogP contribution in [0.25, 0.3) is 0 Å². The summed E-state index contributed by atoms with van der Waals surface area (Å²) in [6, 6.07) is 0. The van der Waals surface area contributed by atoms with E-state index in [4.69, 9.17) is 9.47 Å². The van der Waals surface area contributed by atoms with Crippen molar-refractivity contribution >= 4 is 0 Å². The van der Waals surface area contributed by atoms with Gasteiger partial charge >= 0.3 is 0 Å². The quantitative estimate of drug-likeness (QED) is 0.625. The van der Waals surface area contributed by atoms with Crippen LogP contribution in [0.4, 0.5) is 0 Å². The second kappa shape index (κ2) is 4.97. The van der Waals surface area contributed by atoms with Crippen LogP contribution in [0.5, 0.6) is 0 Å². The molecule has 0 aromatic rings. The van der Waals surface area contributed by atoms with Gasteiger partial charge in [0.15, 0.2) is 0 Å². The molecule has 2 nitrogen and oxygen atoms in total. The van der Waals surface area contributed by atoms with E-state index in [1.54, 1.807) is 0 Å². The molecule has 0 aromatic heterocycles. The molecule has 2 fully saturated rings. The third kappa shape index (κ3) is 2.96. The molecule has 2 aliphatic rings. The fraction of sp³-hybridized carbons (Fsp3) is 1.00. The lowest BCUT2D eigenvalue weighted by Crippen LogP contribution is -2.15. The Morgan fingerprint density at radius 1 is 0.692 bits per heavy atom. The first kappa shape index (κ1) is 9.47. The Bertz CT molecular complexity index is 119. The highest BCUT2D eigenvalue weighted by atomic mass is 16.7. The highest BCUT2D eigenvalue weighted by Gasteiger charge is 2.18. The summed E-state index contributed by atoms with van der Waals surface area (Å²) < 4.78 is 11.3. The van der Waals surface area contributed by atoms with Crippen LogP contribution in [0.1, 0.15) is 51.4 Å². The predicted octanol–water partition coefficient (Wildman–Crippen LogP) is 2.86. The molecular weight excluding hydrogens is 164 g/mol. The highest BCUT2D eigenvalue weighted by molar-refractivity contribution is 4.67. The van der Waals surface area contributed by atoms with Crippen LogP contribution in [0, 0.1) is 0 Å². The van der Waals surface area contributed by atoms with Gasteiger partial charge in [-0.1, -0.05) is 25.7 Å². The van der Waals surface area contributed by atoms with Crippen LogP contribution in [0.3, 0.4) is 0 Å². The van der Waals surface area contributed by atoms with Gasteiger partial charge in [0, 0.05) is 0 Å². The van der Waals surface area contributed by atoms with E-state index in [2.05, 4.69) is 0 Å². The zero-order valence-corrected chi connectivity index (χ0v) is 8.34. The molecule has 0 spiro atoms. The molecule has 0 unspecified atom stereocenters. The smallest absolute Gasteiger partial charge is 0.147 e. The Morgan fingerprint density at radius 2 is 1.08 bits per heavy atom. The van der Waals surface area contributed by atoms with Gasteiger partial charge in [0.1, 0.15) is 6.79 Å². The molecule has 76 valence electrons. The Kier molecular flexibility index (Phi) is 3.62. The van der Waals surface area contributed by atoms with Gasteiger partial charge in [0.05, 0.1) is 12.2 Å². The van der Waals surface area contributed by atoms with Crippen molar-refractivity contribution in [3.63, 3.8) is 0 Å². The van der Waals surface area contributed by atoms with Gasteiger partial charge in [0.25, 0.3) is 0 Å². The maximum absolute atomic E-state index is 5.64. The summed E-state index contributed by atoms with van der Waals surface area (Å²) in [5.74, 6) is 0. The van der Waals surface area contributed by atoms with Gasteiger partial charge in [0.2, 0.25) is 0 Å². The Balaban J connectivity index is 1.52. The van der Waals surface area contributed by atoms with Crippen LogP contribution < -0.4 is 0 Å². The van der Waals surface area contributed by atoms with E-state index in [1.165, 1.54) is 51.4 Å². The molecule has 2 saturated carbocycles. The number of rotatable bonds is 4. The van der Waals surface area contributed by atoms with Gasteiger partial charge in [-0.3, -0.25) is 0 Å². The van der Waals surface area contributed by atoms with Gasteiger partial charge < -0.3 is 9.47 Å². The second-order valence-corrected chi connectivity index (χ2v) is 4.26. The predicted molar refractivity (Wildman–Crippen MR) is 51.5 cm³/mol. The summed E-state index contributed by atoms with van der Waals surface area (Å²) in [6.07, 6.45) is 11.3. The van der Waals surface area contributed by atoms with Crippen LogP contribution in [0.15, 0.2) is 0 Å². The first-order valence-corrected chi connectivity index (χ1v) is 5.68. The van der Waals surface area contributed by atoms with E-state index in [-0.39, 0.29) is 0 Å². The minimum absolute atomic E-state index is 0.501. The average Bonchev–Trinajstić information content (AvgIpc) is 2.75. The molecule has 0 radical (unpaired) electrons. The molecule has 2 rings (SSSR count). The van der Waals surface area contributed by atoms with Gasteiger partial charge in [-0.2, -0.15) is 0 Å². The Morgan fingerprint density at radius 3 is 1.46 bits per heavy atom. The molecule has 2 aliphatic carbocycles. The maximum Gasteiger partial charge on any atom is 0.147 e. The number of ether oxygens (including phenoxy) is 2. The molecule has 0 bridgehead atoms. The highest BCUT2D eigenvalue weighted by Crippen LogP contribution is 2.23. The minimum Gasteiger partial charge on any atom is -0.352 e. The SMILES string of the molecule is C1CCC(OCOC2CCCC2)C1. The van der Waals surface area contributed by atoms with Crippen molar-refractivity contribution in [1.82, 2.24) is 0 Å². The zero-order valence-electron chi connectivity index (χ0n) is 8.34. The topological polar surface area (TPSA) is 18.5 Å². The van der Waals surface area contributed by atoms with E-state index in [1.807, 2.05) is 0 Å². The maximum atomic E-state index is 5.64. The molecule has 0 aromatic carbocycles. The molecule has 0 N–H and O–H groups in total. The minimum atomic E-state index is 0.501. The summed E-state index contributed by atoms with van der Waals surface area (Å²) in [4.78, 5) is 0. The van der Waals surface area contributed by atoms with Crippen molar-refractivity contribution in [3.8, 4) is 0 Å². The van der Waals surface area contributed by atoms with E-state index < -0.39 is 0 Å². The third-order valence-electron chi connectivity index (χ3n) is 3.21. The molecule has 0 aliphatic heterocycles. The van der Waals surface area contributed by atoms with Crippen molar-refractivity contribution in [2.24, 2.45) is 0 Å². The van der Waals surface area contributed by atoms with Crippen LogP contribution in [-0.4, -0.2) is 19.0 Å². The zero-order chi connectivity index (χ0) is 8.93. The lowest BCUT2D eigenvalue weighted by molar-refractivity contribution is -0.114. The largest absolute Gasteiger partial charge is 0.352 e. The summed E-state index contributed by atoms with van der Waals surface area (Å²) in [5, 5.41) is 0. The van der Waals surface area contributed by atoms with Crippen molar-refractivity contribution in [2.75, 3.05) is 6.79 Å². The molecule has 0 saturated heterocycles. The Labute approximate surface area is 80.6 Å². The molecule has 2 heteroatoms. The normalized spacial score (nSPS) is 25.8. The van der Waals surface area contributed by atoms with Crippen LogP contribution >= 0.6 is 0 Å². The lowest BCUT2D eigenvalue weighted by Gasteiger charge is -2.14. The third-order valence-corrected chi connectivity index (χ3v) is 3.21. The summed E-state index contributed by atoms with van der Waals surface area (Å²) in [7, 11) is 0. The van der Waals surface area contributed by atoms with Crippen molar-refractivity contribution in [3.05, 3.63) is 0 Å². The number of hydrogen-bond acceptors (Lipinski definition) is 2. The summed E-state index contributed by atoms with van der Waals surface area (Å²) in [6.45, 7) is 0.537. The summed E-state index contributed by atoms with van der Waals surface area (Å²) in [5.41, 5.74) is 0. The lowest BCUT2D eigenvalue weighted by atomic mass is 10.3. The first-order valence-electron chi connectivity index (χ1n) is 5.68. The van der Waals surface area contributed by atoms with Crippen molar-refractivity contribution < 1.29 is 9.47 Å². The molecule has 0 amide bonds. The molecule has 13 heavy (non-hydrogen) atoms. The van der Waals surface area contributed by atoms with E-state index >= 15 is 0 Å². The average molecular weight is 184 g/mol. The van der Waals surface area contributed by atoms with Crippen LogP contribution in [-0.2, 0) is 9.47 Å². The van der Waals surface area contributed by atoms with E-state index in [0.29, 0.717) is 19.0 Å². The molecule has 0 atom stereocenters.